The van der Waals surface area contributed by atoms with Gasteiger partial charge in [-0.05, 0) is 19.1 Å². The lowest BCUT2D eigenvalue weighted by Gasteiger charge is -2.07. The van der Waals surface area contributed by atoms with Crippen LogP contribution in [0.3, 0.4) is 0 Å². The van der Waals surface area contributed by atoms with Crippen molar-refractivity contribution in [3.05, 3.63) is 47.7 Å². The molecular weight excluding hydrogens is 219 g/mol. The molecule has 0 bridgehead atoms. The first-order chi connectivity index (χ1) is 8.19. The lowest BCUT2D eigenvalue weighted by molar-refractivity contribution is 0.632. The van der Waals surface area contributed by atoms with E-state index >= 15 is 0 Å². The SMILES string of the molecule is Cc1nc(C#N)cc(Nc2ccccc2F)n1. The summed E-state index contributed by atoms with van der Waals surface area (Å²) < 4.78 is 13.4. The highest BCUT2D eigenvalue weighted by Gasteiger charge is 2.04. The third-order valence-corrected chi connectivity index (χ3v) is 2.09. The lowest BCUT2D eigenvalue weighted by atomic mass is 10.3. The van der Waals surface area contributed by atoms with Gasteiger partial charge >= 0.3 is 0 Å². The molecular formula is C12H9FN4. The maximum atomic E-state index is 13.4. The fourth-order valence-corrected chi connectivity index (χ4v) is 1.39. The molecule has 0 saturated carbocycles. The normalized spacial score (nSPS) is 9.71. The number of aromatic nitrogens is 2. The van der Waals surface area contributed by atoms with Gasteiger partial charge in [-0.1, -0.05) is 12.1 Å². The number of hydrogen-bond donors (Lipinski definition) is 1. The minimum Gasteiger partial charge on any atom is -0.338 e. The van der Waals surface area contributed by atoms with E-state index < -0.39 is 0 Å². The Bertz CT molecular complexity index is 589. The second-order valence-electron chi connectivity index (χ2n) is 3.40. The van der Waals surface area contributed by atoms with Gasteiger partial charge in [-0.15, -0.1) is 0 Å². The van der Waals surface area contributed by atoms with Crippen LogP contribution in [0.2, 0.25) is 0 Å². The van der Waals surface area contributed by atoms with E-state index in [1.807, 2.05) is 6.07 Å². The van der Waals surface area contributed by atoms with Crippen LogP contribution in [0.15, 0.2) is 30.3 Å². The van der Waals surface area contributed by atoms with Crippen LogP contribution in [-0.2, 0) is 0 Å². The van der Waals surface area contributed by atoms with Crippen LogP contribution < -0.4 is 5.32 Å². The van der Waals surface area contributed by atoms with Gasteiger partial charge in [0.15, 0.2) is 0 Å². The summed E-state index contributed by atoms with van der Waals surface area (Å²) in [6.07, 6.45) is 0. The monoisotopic (exact) mass is 228 g/mol. The van der Waals surface area contributed by atoms with Gasteiger partial charge in [0.2, 0.25) is 0 Å². The maximum absolute atomic E-state index is 13.4. The first-order valence-corrected chi connectivity index (χ1v) is 4.96. The second kappa shape index (κ2) is 4.58. The first-order valence-electron chi connectivity index (χ1n) is 4.96. The molecule has 0 saturated heterocycles. The molecule has 0 aliphatic carbocycles. The smallest absolute Gasteiger partial charge is 0.146 e. The Morgan fingerprint density at radius 2 is 2.06 bits per heavy atom. The minimum absolute atomic E-state index is 0.247. The molecule has 1 aromatic carbocycles. The van der Waals surface area contributed by atoms with E-state index in [0.717, 1.165) is 0 Å². The third-order valence-electron chi connectivity index (χ3n) is 2.09. The number of nitrogens with one attached hydrogen (secondary N) is 1. The Balaban J connectivity index is 2.34. The predicted molar refractivity (Wildman–Crippen MR) is 61.2 cm³/mol. The van der Waals surface area contributed by atoms with Gasteiger partial charge in [-0.25, -0.2) is 14.4 Å². The first kappa shape index (κ1) is 11.0. The zero-order valence-corrected chi connectivity index (χ0v) is 9.11. The van der Waals surface area contributed by atoms with Crippen LogP contribution in [0.4, 0.5) is 15.9 Å². The van der Waals surface area contributed by atoms with E-state index in [1.54, 1.807) is 25.1 Å². The molecule has 84 valence electrons. The van der Waals surface area contributed by atoms with Crippen LogP contribution in [-0.4, -0.2) is 9.97 Å². The van der Waals surface area contributed by atoms with Crippen molar-refractivity contribution in [3.63, 3.8) is 0 Å². The van der Waals surface area contributed by atoms with E-state index in [1.165, 1.54) is 12.1 Å². The Morgan fingerprint density at radius 1 is 1.29 bits per heavy atom. The van der Waals surface area contributed by atoms with E-state index in [2.05, 4.69) is 15.3 Å². The zero-order chi connectivity index (χ0) is 12.3. The van der Waals surface area contributed by atoms with Crippen LogP contribution >= 0.6 is 0 Å². The Hall–Kier alpha value is -2.48. The average molecular weight is 228 g/mol. The molecule has 0 aliphatic rings. The molecule has 0 radical (unpaired) electrons. The van der Waals surface area contributed by atoms with Gasteiger partial charge < -0.3 is 5.32 Å². The van der Waals surface area contributed by atoms with E-state index in [9.17, 15) is 4.39 Å². The molecule has 2 aromatic rings. The number of benzene rings is 1. The molecule has 1 heterocycles. The summed E-state index contributed by atoms with van der Waals surface area (Å²) in [6.45, 7) is 1.67. The number of halogens is 1. The second-order valence-corrected chi connectivity index (χ2v) is 3.40. The summed E-state index contributed by atoms with van der Waals surface area (Å²) in [6, 6.07) is 9.66. The molecule has 0 fully saturated rings. The van der Waals surface area contributed by atoms with Crippen molar-refractivity contribution in [2.45, 2.75) is 6.92 Å². The average Bonchev–Trinajstić information content (AvgIpc) is 2.31. The molecule has 0 atom stereocenters. The number of nitrogens with zero attached hydrogens (tertiary/aromatic N) is 3. The highest BCUT2D eigenvalue weighted by atomic mass is 19.1. The van der Waals surface area contributed by atoms with Gasteiger partial charge in [-0.3, -0.25) is 0 Å². The van der Waals surface area contributed by atoms with Crippen molar-refractivity contribution >= 4 is 11.5 Å². The quantitative estimate of drug-likeness (QED) is 0.857. The van der Waals surface area contributed by atoms with Gasteiger partial charge in [0, 0.05) is 6.07 Å². The van der Waals surface area contributed by atoms with Gasteiger partial charge in [-0.2, -0.15) is 5.26 Å². The summed E-state index contributed by atoms with van der Waals surface area (Å²) in [5, 5.41) is 11.6. The van der Waals surface area contributed by atoms with Crippen LogP contribution in [0.5, 0.6) is 0 Å². The number of para-hydroxylation sites is 1. The molecule has 1 aromatic heterocycles. The number of nitriles is 1. The molecule has 0 spiro atoms. The number of hydrogen-bond acceptors (Lipinski definition) is 4. The maximum Gasteiger partial charge on any atom is 0.146 e. The number of aryl methyl sites for hydroxylation is 1. The number of rotatable bonds is 2. The van der Waals surface area contributed by atoms with Crippen LogP contribution in [0.1, 0.15) is 11.5 Å². The summed E-state index contributed by atoms with van der Waals surface area (Å²) in [5.74, 6) is 0.490. The summed E-state index contributed by atoms with van der Waals surface area (Å²) >= 11 is 0. The molecule has 4 nitrogen and oxygen atoms in total. The highest BCUT2D eigenvalue weighted by molar-refractivity contribution is 5.57. The van der Waals surface area contributed by atoms with Crippen molar-refractivity contribution in [2.75, 3.05) is 5.32 Å². The Kier molecular flexibility index (Phi) is 2.97. The summed E-state index contributed by atoms with van der Waals surface area (Å²) in [7, 11) is 0. The van der Waals surface area contributed by atoms with Crippen molar-refractivity contribution in [1.82, 2.24) is 9.97 Å². The van der Waals surface area contributed by atoms with Crippen molar-refractivity contribution in [3.8, 4) is 6.07 Å². The molecule has 5 heteroatoms. The molecule has 0 unspecified atom stereocenters. The Morgan fingerprint density at radius 3 is 2.76 bits per heavy atom. The molecule has 0 aliphatic heterocycles. The van der Waals surface area contributed by atoms with Crippen molar-refractivity contribution in [2.24, 2.45) is 0 Å². The number of anilines is 2. The molecule has 0 amide bonds. The lowest BCUT2D eigenvalue weighted by Crippen LogP contribution is -2.00. The predicted octanol–water partition coefficient (Wildman–Crippen LogP) is 2.54. The van der Waals surface area contributed by atoms with E-state index in [4.69, 9.17) is 5.26 Å². The van der Waals surface area contributed by atoms with Crippen LogP contribution in [0.25, 0.3) is 0 Å². The fourth-order valence-electron chi connectivity index (χ4n) is 1.39. The minimum atomic E-state index is -0.373. The summed E-state index contributed by atoms with van der Waals surface area (Å²) in [5.41, 5.74) is 0.561. The molecule has 1 N–H and O–H groups in total. The summed E-state index contributed by atoms with van der Waals surface area (Å²) in [4.78, 5) is 7.99. The van der Waals surface area contributed by atoms with Gasteiger partial charge in [0.05, 0.1) is 5.69 Å². The standard InChI is InChI=1S/C12H9FN4/c1-8-15-9(7-14)6-12(16-8)17-11-5-3-2-4-10(11)13/h2-6H,1H3,(H,15,16,17). The van der Waals surface area contributed by atoms with Gasteiger partial charge in [0.1, 0.15) is 29.2 Å². The van der Waals surface area contributed by atoms with E-state index in [0.29, 0.717) is 17.3 Å². The van der Waals surface area contributed by atoms with E-state index in [-0.39, 0.29) is 11.5 Å². The third kappa shape index (κ3) is 2.55. The highest BCUT2D eigenvalue weighted by Crippen LogP contribution is 2.18. The zero-order valence-electron chi connectivity index (χ0n) is 9.11. The van der Waals surface area contributed by atoms with Crippen LogP contribution in [0, 0.1) is 24.1 Å². The largest absolute Gasteiger partial charge is 0.338 e. The molecule has 2 rings (SSSR count). The topological polar surface area (TPSA) is 61.6 Å². The molecule has 17 heavy (non-hydrogen) atoms. The van der Waals surface area contributed by atoms with Crippen molar-refractivity contribution < 1.29 is 4.39 Å². The fraction of sp³-hybridized carbons (Fsp3) is 0.0833. The van der Waals surface area contributed by atoms with Gasteiger partial charge in [0.25, 0.3) is 0 Å². The Labute approximate surface area is 97.8 Å². The van der Waals surface area contributed by atoms with Crippen molar-refractivity contribution in [1.29, 1.82) is 5.26 Å².